The Kier molecular flexibility index (Phi) is 9.92. The standard InChI is InChI=1S/C9H17O.BrH.Mg/c1-2-9(10)7-5-3-4-6-8-9;;/h2-8H2,1H3;1H;/q-1;;+2/p-1. The largest absolute Gasteiger partial charge is 2.00 e. The van der Waals surface area contributed by atoms with Crippen LogP contribution in [0.2, 0.25) is 0 Å². The maximum absolute atomic E-state index is 11.7. The van der Waals surface area contributed by atoms with Crippen molar-refractivity contribution < 1.29 is 22.1 Å². The molecule has 1 saturated carbocycles. The van der Waals surface area contributed by atoms with Gasteiger partial charge in [-0.3, -0.25) is 0 Å². The number of rotatable bonds is 1. The predicted molar refractivity (Wildman–Crippen MR) is 46.5 cm³/mol. The molecule has 1 fully saturated rings. The van der Waals surface area contributed by atoms with Crippen LogP contribution in [0.5, 0.6) is 0 Å². The van der Waals surface area contributed by atoms with E-state index < -0.39 is 5.60 Å². The summed E-state index contributed by atoms with van der Waals surface area (Å²) in [6, 6.07) is 0. The van der Waals surface area contributed by atoms with E-state index >= 15 is 0 Å². The number of halogens is 1. The van der Waals surface area contributed by atoms with Crippen LogP contribution in [0.3, 0.4) is 0 Å². The molecule has 68 valence electrons. The molecule has 0 bridgehead atoms. The maximum atomic E-state index is 11.7. The second kappa shape index (κ2) is 7.60. The quantitative estimate of drug-likeness (QED) is 0.406. The fourth-order valence-electron chi connectivity index (χ4n) is 1.73. The van der Waals surface area contributed by atoms with E-state index in [9.17, 15) is 5.11 Å². The first kappa shape index (κ1) is 15.7. The van der Waals surface area contributed by atoms with Gasteiger partial charge in [0.05, 0.1) is 0 Å². The van der Waals surface area contributed by atoms with E-state index in [1.807, 2.05) is 6.92 Å². The smallest absolute Gasteiger partial charge is 1.00 e. The van der Waals surface area contributed by atoms with Crippen molar-refractivity contribution in [3.05, 3.63) is 0 Å². The summed E-state index contributed by atoms with van der Waals surface area (Å²) in [5.74, 6) is 0. The van der Waals surface area contributed by atoms with Crippen LogP contribution in [-0.4, -0.2) is 28.7 Å². The van der Waals surface area contributed by atoms with Crippen LogP contribution in [-0.2, 0) is 0 Å². The zero-order valence-corrected chi connectivity index (χ0v) is 10.9. The summed E-state index contributed by atoms with van der Waals surface area (Å²) in [7, 11) is 0. The molecule has 0 radical (unpaired) electrons. The van der Waals surface area contributed by atoms with Gasteiger partial charge in [0.1, 0.15) is 0 Å². The Hall–Kier alpha value is 1.21. The van der Waals surface area contributed by atoms with Crippen molar-refractivity contribution in [1.29, 1.82) is 0 Å². The summed E-state index contributed by atoms with van der Waals surface area (Å²) in [5, 5.41) is 11.7. The van der Waals surface area contributed by atoms with E-state index in [4.69, 9.17) is 0 Å². The Morgan fingerprint density at radius 2 is 1.50 bits per heavy atom. The minimum absolute atomic E-state index is 0. The number of hydrogen-bond donors (Lipinski definition) is 0. The maximum Gasteiger partial charge on any atom is 2.00 e. The molecule has 0 unspecified atom stereocenters. The molecular weight excluding hydrogens is 228 g/mol. The van der Waals surface area contributed by atoms with E-state index in [1.54, 1.807) is 0 Å². The molecule has 0 atom stereocenters. The minimum Gasteiger partial charge on any atom is -1.00 e. The Morgan fingerprint density at radius 1 is 1.08 bits per heavy atom. The van der Waals surface area contributed by atoms with E-state index in [2.05, 4.69) is 0 Å². The zero-order chi connectivity index (χ0) is 7.45. The minimum atomic E-state index is -0.545. The van der Waals surface area contributed by atoms with Crippen molar-refractivity contribution in [3.8, 4) is 0 Å². The van der Waals surface area contributed by atoms with Crippen LogP contribution in [0.1, 0.15) is 51.9 Å². The molecule has 0 aromatic rings. The summed E-state index contributed by atoms with van der Waals surface area (Å²) in [4.78, 5) is 0. The summed E-state index contributed by atoms with van der Waals surface area (Å²) < 4.78 is 0. The van der Waals surface area contributed by atoms with E-state index in [1.165, 1.54) is 12.8 Å². The van der Waals surface area contributed by atoms with Gasteiger partial charge < -0.3 is 22.1 Å². The molecule has 0 amide bonds. The Balaban J connectivity index is 0. The molecule has 1 nitrogen and oxygen atoms in total. The first-order valence-corrected chi connectivity index (χ1v) is 4.47. The molecule has 12 heavy (non-hydrogen) atoms. The van der Waals surface area contributed by atoms with Crippen LogP contribution in [0, 0.1) is 0 Å². The van der Waals surface area contributed by atoms with Gasteiger partial charge in [-0.25, -0.2) is 0 Å². The Labute approximate surface area is 102 Å². The molecule has 0 aromatic carbocycles. The van der Waals surface area contributed by atoms with Gasteiger partial charge in [0.25, 0.3) is 0 Å². The molecule has 0 heterocycles. The third-order valence-corrected chi connectivity index (χ3v) is 2.66. The molecule has 3 heteroatoms. The van der Waals surface area contributed by atoms with Crippen LogP contribution in [0.15, 0.2) is 0 Å². The van der Waals surface area contributed by atoms with Crippen LogP contribution >= 0.6 is 0 Å². The molecular formula is C9H17BrMgO. The van der Waals surface area contributed by atoms with Gasteiger partial charge >= 0.3 is 23.1 Å². The van der Waals surface area contributed by atoms with Crippen LogP contribution < -0.4 is 22.1 Å². The molecule has 0 spiro atoms. The van der Waals surface area contributed by atoms with E-state index in [0.717, 1.165) is 32.1 Å². The monoisotopic (exact) mass is 244 g/mol. The van der Waals surface area contributed by atoms with Crippen molar-refractivity contribution >= 4 is 23.1 Å². The molecule has 1 rings (SSSR count). The van der Waals surface area contributed by atoms with E-state index in [0.29, 0.717) is 0 Å². The average molecular weight is 245 g/mol. The van der Waals surface area contributed by atoms with Crippen molar-refractivity contribution in [2.75, 3.05) is 0 Å². The van der Waals surface area contributed by atoms with Gasteiger partial charge in [-0.1, -0.05) is 51.9 Å². The Morgan fingerprint density at radius 3 is 1.83 bits per heavy atom. The summed E-state index contributed by atoms with van der Waals surface area (Å²) >= 11 is 0. The molecule has 0 aromatic heterocycles. The summed E-state index contributed by atoms with van der Waals surface area (Å²) in [6.45, 7) is 2.03. The van der Waals surface area contributed by atoms with Gasteiger partial charge in [0, 0.05) is 0 Å². The van der Waals surface area contributed by atoms with E-state index in [-0.39, 0.29) is 40.0 Å². The summed E-state index contributed by atoms with van der Waals surface area (Å²) in [5.41, 5.74) is -0.545. The zero-order valence-electron chi connectivity index (χ0n) is 7.94. The first-order valence-electron chi connectivity index (χ1n) is 4.47. The molecule has 0 aliphatic heterocycles. The molecule has 1 aliphatic rings. The topological polar surface area (TPSA) is 23.1 Å². The van der Waals surface area contributed by atoms with Crippen molar-refractivity contribution in [1.82, 2.24) is 0 Å². The van der Waals surface area contributed by atoms with Crippen molar-refractivity contribution in [3.63, 3.8) is 0 Å². The van der Waals surface area contributed by atoms with Gasteiger partial charge in [-0.15, -0.1) is 5.60 Å². The SMILES string of the molecule is CCC1([O-])CCCCCC1.[Br-].[Mg+2]. The summed E-state index contributed by atoms with van der Waals surface area (Å²) in [6.07, 6.45) is 7.56. The average Bonchev–Trinajstić information content (AvgIpc) is 2.15. The van der Waals surface area contributed by atoms with Crippen molar-refractivity contribution in [2.24, 2.45) is 0 Å². The Bertz CT molecular complexity index is 101. The molecule has 1 aliphatic carbocycles. The second-order valence-electron chi connectivity index (χ2n) is 3.45. The van der Waals surface area contributed by atoms with Gasteiger partial charge in [-0.2, -0.15) is 0 Å². The second-order valence-corrected chi connectivity index (χ2v) is 3.45. The molecule has 0 saturated heterocycles. The van der Waals surface area contributed by atoms with Gasteiger partial charge in [0.2, 0.25) is 0 Å². The van der Waals surface area contributed by atoms with Crippen LogP contribution in [0.4, 0.5) is 0 Å². The third kappa shape index (κ3) is 5.05. The molecule has 0 N–H and O–H groups in total. The van der Waals surface area contributed by atoms with Crippen molar-refractivity contribution in [2.45, 2.75) is 57.5 Å². The van der Waals surface area contributed by atoms with Gasteiger partial charge in [0.15, 0.2) is 0 Å². The normalized spacial score (nSPS) is 21.5. The fraction of sp³-hybridized carbons (Fsp3) is 1.00. The third-order valence-electron chi connectivity index (χ3n) is 2.66. The predicted octanol–water partition coefficient (Wildman–Crippen LogP) is -1.53. The first-order chi connectivity index (χ1) is 4.77. The van der Waals surface area contributed by atoms with Gasteiger partial charge in [-0.05, 0) is 0 Å². The van der Waals surface area contributed by atoms with Crippen LogP contribution in [0.25, 0.3) is 0 Å². The number of hydrogen-bond acceptors (Lipinski definition) is 1. The fourth-order valence-corrected chi connectivity index (χ4v) is 1.73.